The van der Waals surface area contributed by atoms with Gasteiger partial charge < -0.3 is 20.7 Å². The number of piperazine rings is 1. The van der Waals surface area contributed by atoms with Crippen molar-refractivity contribution >= 4 is 23.1 Å². The molecule has 38 heavy (non-hydrogen) atoms. The van der Waals surface area contributed by atoms with Gasteiger partial charge in [0.25, 0.3) is 0 Å². The van der Waals surface area contributed by atoms with E-state index in [-0.39, 0.29) is 41.3 Å². The first-order chi connectivity index (χ1) is 18.3. The maximum atomic E-state index is 13.8. The summed E-state index contributed by atoms with van der Waals surface area (Å²) in [5.74, 6) is 1.28. The van der Waals surface area contributed by atoms with Crippen molar-refractivity contribution in [3.05, 3.63) is 17.5 Å². The smallest absolute Gasteiger partial charge is 0.219 e. The van der Waals surface area contributed by atoms with Crippen LogP contribution in [-0.4, -0.2) is 84.0 Å². The number of ketones is 2. The van der Waals surface area contributed by atoms with Crippen molar-refractivity contribution in [3.63, 3.8) is 0 Å². The fourth-order valence-corrected chi connectivity index (χ4v) is 6.87. The predicted octanol–water partition coefficient (Wildman–Crippen LogP) is 2.39. The van der Waals surface area contributed by atoms with Gasteiger partial charge >= 0.3 is 0 Å². The summed E-state index contributed by atoms with van der Waals surface area (Å²) < 4.78 is 19.7. The maximum absolute atomic E-state index is 13.8. The summed E-state index contributed by atoms with van der Waals surface area (Å²) in [5, 5.41) is 3.14. The molecule has 3 aliphatic carbocycles. The molecule has 3 saturated carbocycles. The van der Waals surface area contributed by atoms with Gasteiger partial charge in [-0.2, -0.15) is 4.98 Å². The van der Waals surface area contributed by atoms with Gasteiger partial charge in [0, 0.05) is 55.8 Å². The second kappa shape index (κ2) is 9.86. The number of rotatable bonds is 5. The Bertz CT molecular complexity index is 1150. The summed E-state index contributed by atoms with van der Waals surface area (Å²) in [5.41, 5.74) is 6.64. The van der Waals surface area contributed by atoms with Gasteiger partial charge in [0.05, 0.1) is 11.1 Å². The first kappa shape index (κ1) is 25.7. The summed E-state index contributed by atoms with van der Waals surface area (Å²) in [4.78, 5) is 40.9. The molecule has 0 bridgehead atoms. The molecular weight excluding hydrogens is 487 g/mol. The molecule has 3 heterocycles. The number of halogens is 1. The number of aromatic nitrogens is 2. The van der Waals surface area contributed by atoms with Crippen LogP contribution in [0.25, 0.3) is 5.70 Å². The number of hydrogen-bond donors (Lipinski definition) is 2. The highest BCUT2D eigenvalue weighted by molar-refractivity contribution is 6.17. The van der Waals surface area contributed by atoms with E-state index < -0.39 is 11.6 Å². The Morgan fingerprint density at radius 2 is 1.97 bits per heavy atom. The van der Waals surface area contributed by atoms with Gasteiger partial charge in [0.2, 0.25) is 5.88 Å². The van der Waals surface area contributed by atoms with Gasteiger partial charge in [0.1, 0.15) is 24.4 Å². The van der Waals surface area contributed by atoms with E-state index >= 15 is 0 Å². The molecule has 2 spiro atoms. The van der Waals surface area contributed by atoms with Crippen LogP contribution in [0.15, 0.2) is 11.6 Å². The van der Waals surface area contributed by atoms with Gasteiger partial charge in [-0.15, -0.1) is 0 Å². The van der Waals surface area contributed by atoms with Crippen LogP contribution < -0.4 is 20.7 Å². The summed E-state index contributed by atoms with van der Waals surface area (Å²) in [6.45, 7) is 3.23. The molecule has 6 rings (SSSR count). The third-order valence-corrected chi connectivity index (χ3v) is 9.54. The number of nitrogens with one attached hydrogen (secondary N) is 1. The van der Waals surface area contributed by atoms with Gasteiger partial charge in [-0.05, 0) is 58.4 Å². The van der Waals surface area contributed by atoms with Crippen LogP contribution in [0.3, 0.4) is 0 Å². The van der Waals surface area contributed by atoms with E-state index in [9.17, 15) is 14.0 Å². The predicted molar refractivity (Wildman–Crippen MR) is 142 cm³/mol. The van der Waals surface area contributed by atoms with Crippen molar-refractivity contribution < 1.29 is 18.7 Å². The molecule has 1 aromatic heterocycles. The molecule has 3 N–H and O–H groups in total. The molecule has 5 fully saturated rings. The number of hydrogen-bond acceptors (Lipinski definition) is 9. The quantitative estimate of drug-likeness (QED) is 0.441. The third kappa shape index (κ3) is 4.59. The Balaban J connectivity index is 1.32. The molecule has 5 aliphatic rings. The topological polar surface area (TPSA) is 114 Å². The van der Waals surface area contributed by atoms with Crippen LogP contribution in [0.2, 0.25) is 0 Å². The molecule has 2 saturated heterocycles. The van der Waals surface area contributed by atoms with E-state index in [1.165, 1.54) is 0 Å². The lowest BCUT2D eigenvalue weighted by Gasteiger charge is -2.40. The number of alkyl halides is 1. The zero-order chi connectivity index (χ0) is 26.5. The number of carbonyl (C=O) groups is 2. The Morgan fingerprint density at radius 3 is 2.71 bits per heavy atom. The second-order valence-corrected chi connectivity index (χ2v) is 12.0. The van der Waals surface area contributed by atoms with Gasteiger partial charge in [-0.3, -0.25) is 14.5 Å². The van der Waals surface area contributed by atoms with Crippen molar-refractivity contribution in [2.75, 3.05) is 44.7 Å². The van der Waals surface area contributed by atoms with E-state index in [2.05, 4.69) is 27.1 Å². The minimum Gasteiger partial charge on any atom is -0.476 e. The molecule has 9 nitrogen and oxygen atoms in total. The van der Waals surface area contributed by atoms with Gasteiger partial charge in [-0.1, -0.05) is 6.42 Å². The lowest BCUT2D eigenvalue weighted by atomic mass is 9.62. The molecular formula is C28H39FN6O3. The minimum atomic E-state index is -0.930. The number of nitrogens with zero attached hydrogens (tertiary/aromatic N) is 4. The lowest BCUT2D eigenvalue weighted by Crippen LogP contribution is -2.53. The Labute approximate surface area is 223 Å². The van der Waals surface area contributed by atoms with Crippen LogP contribution in [0.4, 0.5) is 10.2 Å². The number of allylic oxidation sites excluding steroid dienone is 1. The third-order valence-electron chi connectivity index (χ3n) is 9.54. The molecule has 0 unspecified atom stereocenters. The van der Waals surface area contributed by atoms with Crippen molar-refractivity contribution in [1.82, 2.24) is 20.2 Å². The lowest BCUT2D eigenvalue weighted by molar-refractivity contribution is -0.143. The van der Waals surface area contributed by atoms with Crippen LogP contribution in [0.5, 0.6) is 5.88 Å². The summed E-state index contributed by atoms with van der Waals surface area (Å²) in [6.07, 6.45) is 6.52. The van der Waals surface area contributed by atoms with Crippen LogP contribution in [0, 0.1) is 5.41 Å². The molecule has 0 aromatic carbocycles. The first-order valence-corrected chi connectivity index (χ1v) is 14.2. The van der Waals surface area contributed by atoms with Gasteiger partial charge in [0.15, 0.2) is 11.6 Å². The highest BCUT2D eigenvalue weighted by atomic mass is 19.1. The molecule has 206 valence electrons. The van der Waals surface area contributed by atoms with Crippen molar-refractivity contribution in [1.29, 1.82) is 0 Å². The fraction of sp³-hybridized carbons (Fsp3) is 0.714. The van der Waals surface area contributed by atoms with Crippen molar-refractivity contribution in [2.45, 2.75) is 82.0 Å². The second-order valence-electron chi connectivity index (χ2n) is 12.0. The standard InChI is InChI=1S/C28H39FN6O3/c1-34-11-12-35(17-27(34)9-10-27)22-14-23(38-16-19-13-18(29)15-31-19)33-26(32-22)24(30)20-5-4-8-28(25(20)37)7-3-2-6-21(28)36/h14,18-19,31H,2-13,15-17,30H2,1H3/b24-20-/t18-,19+,28-/m1/s1. The number of nitrogens with two attached hydrogens (primary N) is 1. The molecule has 3 atom stereocenters. The molecule has 1 aromatic rings. The zero-order valence-corrected chi connectivity index (χ0v) is 22.3. The van der Waals surface area contributed by atoms with E-state index in [0.717, 1.165) is 57.6 Å². The highest BCUT2D eigenvalue weighted by Crippen LogP contribution is 2.46. The number of Topliss-reactive ketones (excluding diaryl/α,β-unsaturated/α-hetero) is 2. The number of carbonyl (C=O) groups excluding carboxylic acids is 2. The molecule has 2 aliphatic heterocycles. The van der Waals surface area contributed by atoms with E-state index in [1.807, 2.05) is 6.07 Å². The summed E-state index contributed by atoms with van der Waals surface area (Å²) in [7, 11) is 2.18. The van der Waals surface area contributed by atoms with Crippen LogP contribution in [0.1, 0.15) is 70.0 Å². The molecule has 0 radical (unpaired) electrons. The normalized spacial score (nSPS) is 32.7. The van der Waals surface area contributed by atoms with Crippen LogP contribution in [-0.2, 0) is 9.59 Å². The maximum Gasteiger partial charge on any atom is 0.219 e. The van der Waals surface area contributed by atoms with Crippen LogP contribution >= 0.6 is 0 Å². The minimum absolute atomic E-state index is 0.0554. The average molecular weight is 527 g/mol. The Morgan fingerprint density at radius 1 is 1.16 bits per heavy atom. The summed E-state index contributed by atoms with van der Waals surface area (Å²) >= 11 is 0. The SMILES string of the molecule is CN1CCN(c2cc(OC[C@@H]3C[C@@H](F)CN3)nc(/C(N)=C3\CCC[C@@]4(CCCCC4=O)C3=O)n2)CC12CC2. The largest absolute Gasteiger partial charge is 0.476 e. The molecule has 10 heteroatoms. The zero-order valence-electron chi connectivity index (χ0n) is 22.3. The van der Waals surface area contributed by atoms with E-state index in [0.29, 0.717) is 50.1 Å². The van der Waals surface area contributed by atoms with Gasteiger partial charge in [-0.25, -0.2) is 9.37 Å². The van der Waals surface area contributed by atoms with Crippen molar-refractivity contribution in [2.24, 2.45) is 11.1 Å². The average Bonchev–Trinajstić information content (AvgIpc) is 3.57. The summed E-state index contributed by atoms with van der Waals surface area (Å²) in [6, 6.07) is 1.75. The highest BCUT2D eigenvalue weighted by Gasteiger charge is 2.51. The number of ether oxygens (including phenoxy) is 1. The van der Waals surface area contributed by atoms with E-state index in [4.69, 9.17) is 15.5 Å². The Kier molecular flexibility index (Phi) is 6.66. The monoisotopic (exact) mass is 526 g/mol. The molecule has 0 amide bonds. The fourth-order valence-electron chi connectivity index (χ4n) is 6.87. The van der Waals surface area contributed by atoms with Crippen molar-refractivity contribution in [3.8, 4) is 5.88 Å². The Hall–Kier alpha value is -2.59. The first-order valence-electron chi connectivity index (χ1n) is 14.2. The van der Waals surface area contributed by atoms with E-state index in [1.54, 1.807) is 0 Å². The number of anilines is 1. The number of likely N-dealkylation sites (N-methyl/N-ethyl adjacent to an activating group) is 1.